The number of aryl methyl sites for hydroxylation is 1. The Bertz CT molecular complexity index is 382. The Kier molecular flexibility index (Phi) is 2.06. The minimum absolute atomic E-state index is 0.367. The molecule has 0 fully saturated rings. The molecule has 4 nitrogen and oxygen atoms in total. The van der Waals surface area contributed by atoms with Crippen LogP contribution < -0.4 is 0 Å². The van der Waals surface area contributed by atoms with Gasteiger partial charge in [-0.3, -0.25) is 4.68 Å². The highest BCUT2D eigenvalue weighted by molar-refractivity contribution is 5.87. The molecule has 1 aliphatic carbocycles. The van der Waals surface area contributed by atoms with Crippen LogP contribution in [0.5, 0.6) is 0 Å². The number of rotatable bonds is 1. The minimum atomic E-state index is -0.865. The van der Waals surface area contributed by atoms with Gasteiger partial charge >= 0.3 is 5.97 Å². The fraction of sp³-hybridized carbons (Fsp3) is 0.600. The van der Waals surface area contributed by atoms with E-state index >= 15 is 0 Å². The Balaban J connectivity index is 2.57. The number of carbonyl (C=O) groups is 1. The molecule has 0 saturated heterocycles. The quantitative estimate of drug-likeness (QED) is 0.738. The van der Waals surface area contributed by atoms with Crippen LogP contribution in [0.3, 0.4) is 0 Å². The lowest BCUT2D eigenvalue weighted by molar-refractivity contribution is 0.0683. The molecule has 4 heteroatoms. The molecule has 0 amide bonds. The molecule has 14 heavy (non-hydrogen) atoms. The van der Waals surface area contributed by atoms with Crippen LogP contribution in [0.4, 0.5) is 0 Å². The summed E-state index contributed by atoms with van der Waals surface area (Å²) in [5.41, 5.74) is 2.29. The third-order valence-electron chi connectivity index (χ3n) is 2.91. The van der Waals surface area contributed by atoms with E-state index in [1.807, 2.05) is 0 Å². The number of hydrogen-bond acceptors (Lipinski definition) is 2. The zero-order chi connectivity index (χ0) is 10.3. The average Bonchev–Trinajstić information content (AvgIpc) is 2.42. The molecule has 1 aromatic rings. The predicted octanol–water partition coefficient (Wildman–Crippen LogP) is 1.56. The van der Waals surface area contributed by atoms with Crippen molar-refractivity contribution in [1.82, 2.24) is 9.78 Å². The first kappa shape index (κ1) is 9.24. The van der Waals surface area contributed by atoms with Crippen LogP contribution in [0.15, 0.2) is 0 Å². The van der Waals surface area contributed by atoms with Crippen molar-refractivity contribution in [3.63, 3.8) is 0 Å². The van der Waals surface area contributed by atoms with E-state index in [2.05, 4.69) is 12.0 Å². The van der Waals surface area contributed by atoms with Gasteiger partial charge in [-0.2, -0.15) is 5.10 Å². The van der Waals surface area contributed by atoms with Gasteiger partial charge in [-0.15, -0.1) is 0 Å². The first-order chi connectivity index (χ1) is 6.61. The van der Waals surface area contributed by atoms with Gasteiger partial charge in [0.15, 0.2) is 0 Å². The summed E-state index contributed by atoms with van der Waals surface area (Å²) in [4.78, 5) is 11.0. The molecule has 1 heterocycles. The highest BCUT2D eigenvalue weighted by atomic mass is 16.4. The Morgan fingerprint density at radius 1 is 1.64 bits per heavy atom. The molecule has 0 aromatic carbocycles. The lowest BCUT2D eigenvalue weighted by atomic mass is 9.88. The van der Waals surface area contributed by atoms with Crippen LogP contribution in [0.25, 0.3) is 0 Å². The molecule has 2 rings (SSSR count). The van der Waals surface area contributed by atoms with Gasteiger partial charge in [0, 0.05) is 18.5 Å². The van der Waals surface area contributed by atoms with Crippen LogP contribution in [0, 0.1) is 0 Å². The van der Waals surface area contributed by atoms with Crippen molar-refractivity contribution in [1.29, 1.82) is 0 Å². The summed E-state index contributed by atoms with van der Waals surface area (Å²) in [5.74, 6) is -0.464. The van der Waals surface area contributed by atoms with Crippen LogP contribution in [0.1, 0.15) is 47.4 Å². The summed E-state index contributed by atoms with van der Waals surface area (Å²) in [6.07, 6.45) is 3.04. The second kappa shape index (κ2) is 3.12. The Morgan fingerprint density at radius 2 is 2.36 bits per heavy atom. The van der Waals surface area contributed by atoms with Crippen molar-refractivity contribution in [2.75, 3.05) is 0 Å². The van der Waals surface area contributed by atoms with Gasteiger partial charge in [0.2, 0.25) is 0 Å². The van der Waals surface area contributed by atoms with Gasteiger partial charge < -0.3 is 5.11 Å². The lowest BCUT2D eigenvalue weighted by Gasteiger charge is -2.16. The van der Waals surface area contributed by atoms with E-state index in [9.17, 15) is 4.79 Å². The molecule has 0 radical (unpaired) electrons. The van der Waals surface area contributed by atoms with E-state index in [4.69, 9.17) is 5.11 Å². The first-order valence-corrected chi connectivity index (χ1v) is 4.90. The van der Waals surface area contributed by atoms with Gasteiger partial charge in [0.1, 0.15) is 5.69 Å². The smallest absolute Gasteiger partial charge is 0.354 e. The number of fused-ring (bicyclic) bond motifs is 1. The lowest BCUT2D eigenvalue weighted by Crippen LogP contribution is -2.10. The van der Waals surface area contributed by atoms with Crippen molar-refractivity contribution in [3.8, 4) is 0 Å². The molecular formula is C10H14N2O2. The van der Waals surface area contributed by atoms with E-state index in [-0.39, 0.29) is 0 Å². The normalized spacial score (nSPS) is 20.6. The Labute approximate surface area is 82.5 Å². The topological polar surface area (TPSA) is 55.1 Å². The van der Waals surface area contributed by atoms with Crippen LogP contribution in [-0.2, 0) is 13.5 Å². The highest BCUT2D eigenvalue weighted by Gasteiger charge is 2.27. The predicted molar refractivity (Wildman–Crippen MR) is 51.5 cm³/mol. The number of carboxylic acid groups (broad SMARTS) is 1. The molecular weight excluding hydrogens is 180 g/mol. The van der Waals surface area contributed by atoms with E-state index in [1.54, 1.807) is 7.05 Å². The second-order valence-corrected chi connectivity index (χ2v) is 3.93. The zero-order valence-corrected chi connectivity index (χ0v) is 8.45. The van der Waals surface area contributed by atoms with Crippen molar-refractivity contribution in [3.05, 3.63) is 17.0 Å². The summed E-state index contributed by atoms with van der Waals surface area (Å²) in [7, 11) is 1.70. The number of aromatic nitrogens is 2. The molecule has 1 aromatic heterocycles. The molecule has 1 N–H and O–H groups in total. The van der Waals surface area contributed by atoms with E-state index < -0.39 is 5.97 Å². The second-order valence-electron chi connectivity index (χ2n) is 3.93. The molecule has 1 atom stereocenters. The Hall–Kier alpha value is -1.32. The van der Waals surface area contributed by atoms with Gasteiger partial charge in [-0.25, -0.2) is 4.79 Å². The number of nitrogens with zero attached hydrogens (tertiary/aromatic N) is 2. The standard InChI is InChI=1S/C10H14N2O2/c1-6-4-3-5-7-8(6)11-12(2)9(7)10(13)14/h6H,3-5H2,1-2H3,(H,13,14). The third-order valence-corrected chi connectivity index (χ3v) is 2.91. The molecule has 0 spiro atoms. The van der Waals surface area contributed by atoms with Crippen molar-refractivity contribution < 1.29 is 9.90 Å². The van der Waals surface area contributed by atoms with Crippen LogP contribution >= 0.6 is 0 Å². The maximum Gasteiger partial charge on any atom is 0.354 e. The van der Waals surface area contributed by atoms with Gasteiger partial charge in [-0.1, -0.05) is 6.92 Å². The maximum atomic E-state index is 11.0. The van der Waals surface area contributed by atoms with Crippen LogP contribution in [0.2, 0.25) is 0 Å². The summed E-state index contributed by atoms with van der Waals surface area (Å²) in [6, 6.07) is 0. The summed E-state index contributed by atoms with van der Waals surface area (Å²) in [5, 5.41) is 13.3. The monoisotopic (exact) mass is 194 g/mol. The Morgan fingerprint density at radius 3 is 3.00 bits per heavy atom. The van der Waals surface area contributed by atoms with E-state index in [0.29, 0.717) is 11.6 Å². The minimum Gasteiger partial charge on any atom is -0.477 e. The number of carboxylic acids is 1. The molecule has 0 aliphatic heterocycles. The third kappa shape index (κ3) is 1.22. The van der Waals surface area contributed by atoms with Gasteiger partial charge in [-0.05, 0) is 19.3 Å². The first-order valence-electron chi connectivity index (χ1n) is 4.90. The highest BCUT2D eigenvalue weighted by Crippen LogP contribution is 2.31. The largest absolute Gasteiger partial charge is 0.477 e. The van der Waals surface area contributed by atoms with E-state index in [0.717, 1.165) is 30.5 Å². The van der Waals surface area contributed by atoms with Gasteiger partial charge in [0.05, 0.1) is 5.69 Å². The molecule has 0 bridgehead atoms. The molecule has 0 saturated carbocycles. The zero-order valence-electron chi connectivity index (χ0n) is 8.45. The van der Waals surface area contributed by atoms with Crippen molar-refractivity contribution in [2.24, 2.45) is 7.05 Å². The molecule has 76 valence electrons. The van der Waals surface area contributed by atoms with Gasteiger partial charge in [0.25, 0.3) is 0 Å². The SMILES string of the molecule is CC1CCCc2c1nn(C)c2C(=O)O. The number of aromatic carboxylic acids is 1. The van der Waals surface area contributed by atoms with Crippen LogP contribution in [-0.4, -0.2) is 20.9 Å². The van der Waals surface area contributed by atoms with Crippen molar-refractivity contribution in [2.45, 2.75) is 32.1 Å². The summed E-state index contributed by atoms with van der Waals surface area (Å²) >= 11 is 0. The molecule has 1 unspecified atom stereocenters. The summed E-state index contributed by atoms with van der Waals surface area (Å²) in [6.45, 7) is 2.11. The fourth-order valence-corrected chi connectivity index (χ4v) is 2.22. The van der Waals surface area contributed by atoms with Crippen molar-refractivity contribution >= 4 is 5.97 Å². The van der Waals surface area contributed by atoms with E-state index in [1.165, 1.54) is 4.68 Å². The fourth-order valence-electron chi connectivity index (χ4n) is 2.22. The number of hydrogen-bond donors (Lipinski definition) is 1. The molecule has 1 aliphatic rings. The average molecular weight is 194 g/mol. The maximum absolute atomic E-state index is 11.0. The summed E-state index contributed by atoms with van der Waals surface area (Å²) < 4.78 is 1.49.